The van der Waals surface area contributed by atoms with Crippen LogP contribution in [0.1, 0.15) is 26.7 Å². The quantitative estimate of drug-likeness (QED) is 0.795. The van der Waals surface area contributed by atoms with Crippen molar-refractivity contribution >= 4 is 11.9 Å². The standard InChI is InChI=1S/C12H23N3O2/c1-10(2)8-13-11(16)9-14(3)12(17)15-6-4-5-7-15/h10H,4-9H2,1-3H3,(H,13,16). The number of hydrogen-bond donors (Lipinski definition) is 1. The topological polar surface area (TPSA) is 52.7 Å². The monoisotopic (exact) mass is 241 g/mol. The third-order valence-corrected chi connectivity index (χ3v) is 2.79. The number of amides is 3. The molecule has 0 aliphatic carbocycles. The molecule has 0 spiro atoms. The van der Waals surface area contributed by atoms with Crippen LogP contribution in [0, 0.1) is 5.92 Å². The van der Waals surface area contributed by atoms with Gasteiger partial charge >= 0.3 is 6.03 Å². The molecule has 0 saturated carbocycles. The maximum atomic E-state index is 11.9. The Hall–Kier alpha value is -1.26. The first-order valence-electron chi connectivity index (χ1n) is 6.27. The number of carbonyl (C=O) groups excluding carboxylic acids is 2. The Bertz CT molecular complexity index is 273. The highest BCUT2D eigenvalue weighted by Gasteiger charge is 2.22. The summed E-state index contributed by atoms with van der Waals surface area (Å²) in [5, 5.41) is 2.81. The summed E-state index contributed by atoms with van der Waals surface area (Å²) in [4.78, 5) is 26.7. The molecule has 5 heteroatoms. The maximum absolute atomic E-state index is 11.9. The van der Waals surface area contributed by atoms with Gasteiger partial charge in [0.25, 0.3) is 0 Å². The zero-order chi connectivity index (χ0) is 12.8. The fourth-order valence-corrected chi connectivity index (χ4v) is 1.81. The van der Waals surface area contributed by atoms with Crippen LogP contribution >= 0.6 is 0 Å². The summed E-state index contributed by atoms with van der Waals surface area (Å²) in [5.41, 5.74) is 0. The van der Waals surface area contributed by atoms with Crippen molar-refractivity contribution in [1.82, 2.24) is 15.1 Å². The number of carbonyl (C=O) groups is 2. The Balaban J connectivity index is 2.29. The second-order valence-electron chi connectivity index (χ2n) is 5.03. The van der Waals surface area contributed by atoms with Gasteiger partial charge in [-0.05, 0) is 18.8 Å². The van der Waals surface area contributed by atoms with Crippen molar-refractivity contribution in [2.75, 3.05) is 33.2 Å². The van der Waals surface area contributed by atoms with Crippen molar-refractivity contribution in [1.29, 1.82) is 0 Å². The number of likely N-dealkylation sites (N-methyl/N-ethyl adjacent to an activating group) is 1. The Morgan fingerprint density at radius 2 is 1.88 bits per heavy atom. The molecule has 0 radical (unpaired) electrons. The van der Waals surface area contributed by atoms with Crippen molar-refractivity contribution in [2.24, 2.45) is 5.92 Å². The maximum Gasteiger partial charge on any atom is 0.320 e. The largest absolute Gasteiger partial charge is 0.354 e. The van der Waals surface area contributed by atoms with Crippen LogP contribution in [0.2, 0.25) is 0 Å². The molecule has 1 saturated heterocycles. The molecule has 1 rings (SSSR count). The molecule has 0 unspecified atom stereocenters. The Kier molecular flexibility index (Phi) is 5.25. The lowest BCUT2D eigenvalue weighted by atomic mass is 10.2. The van der Waals surface area contributed by atoms with E-state index >= 15 is 0 Å². The summed E-state index contributed by atoms with van der Waals surface area (Å²) >= 11 is 0. The van der Waals surface area contributed by atoms with Gasteiger partial charge in [0.05, 0.1) is 0 Å². The van der Waals surface area contributed by atoms with E-state index in [-0.39, 0.29) is 18.5 Å². The number of nitrogens with one attached hydrogen (secondary N) is 1. The molecular weight excluding hydrogens is 218 g/mol. The molecule has 17 heavy (non-hydrogen) atoms. The van der Waals surface area contributed by atoms with Crippen molar-refractivity contribution in [3.63, 3.8) is 0 Å². The number of rotatable bonds is 4. The molecule has 0 atom stereocenters. The predicted molar refractivity (Wildman–Crippen MR) is 66.7 cm³/mol. The number of nitrogens with zero attached hydrogens (tertiary/aromatic N) is 2. The molecule has 1 fully saturated rings. The lowest BCUT2D eigenvalue weighted by Crippen LogP contribution is -2.44. The van der Waals surface area contributed by atoms with Crippen LogP contribution in [0.25, 0.3) is 0 Å². The lowest BCUT2D eigenvalue weighted by molar-refractivity contribution is -0.121. The molecule has 0 aromatic heterocycles. The van der Waals surface area contributed by atoms with Crippen LogP contribution in [0.5, 0.6) is 0 Å². The van der Waals surface area contributed by atoms with E-state index in [1.54, 1.807) is 11.9 Å². The lowest BCUT2D eigenvalue weighted by Gasteiger charge is -2.23. The SMILES string of the molecule is CC(C)CNC(=O)CN(C)C(=O)N1CCCC1. The van der Waals surface area contributed by atoms with Gasteiger partial charge in [-0.2, -0.15) is 0 Å². The van der Waals surface area contributed by atoms with E-state index in [0.29, 0.717) is 12.5 Å². The first-order chi connectivity index (χ1) is 8.00. The van der Waals surface area contributed by atoms with E-state index in [0.717, 1.165) is 25.9 Å². The highest BCUT2D eigenvalue weighted by atomic mass is 16.2. The van der Waals surface area contributed by atoms with Crippen LogP contribution in [-0.2, 0) is 4.79 Å². The normalized spacial score (nSPS) is 15.2. The summed E-state index contributed by atoms with van der Waals surface area (Å²) in [6, 6.07) is -0.0396. The molecule has 1 N–H and O–H groups in total. The van der Waals surface area contributed by atoms with Crippen LogP contribution < -0.4 is 5.32 Å². The highest BCUT2D eigenvalue weighted by Crippen LogP contribution is 2.09. The summed E-state index contributed by atoms with van der Waals surface area (Å²) in [6.45, 7) is 6.51. The zero-order valence-corrected chi connectivity index (χ0v) is 11.0. The Morgan fingerprint density at radius 3 is 2.41 bits per heavy atom. The van der Waals surface area contributed by atoms with E-state index in [4.69, 9.17) is 0 Å². The Labute approximate surface area is 103 Å². The molecule has 0 bridgehead atoms. The first-order valence-corrected chi connectivity index (χ1v) is 6.27. The van der Waals surface area contributed by atoms with Gasteiger partial charge in [-0.1, -0.05) is 13.8 Å². The van der Waals surface area contributed by atoms with Crippen LogP contribution in [0.3, 0.4) is 0 Å². The fraction of sp³-hybridized carbons (Fsp3) is 0.833. The van der Waals surface area contributed by atoms with Gasteiger partial charge in [-0.3, -0.25) is 4.79 Å². The molecule has 98 valence electrons. The van der Waals surface area contributed by atoms with Crippen molar-refractivity contribution in [3.8, 4) is 0 Å². The summed E-state index contributed by atoms with van der Waals surface area (Å²) in [6.07, 6.45) is 2.14. The van der Waals surface area contributed by atoms with Crippen LogP contribution in [0.15, 0.2) is 0 Å². The minimum Gasteiger partial charge on any atom is -0.354 e. The summed E-state index contributed by atoms with van der Waals surface area (Å²) in [7, 11) is 1.68. The first kappa shape index (κ1) is 13.8. The van der Waals surface area contributed by atoms with E-state index in [1.165, 1.54) is 4.90 Å². The summed E-state index contributed by atoms with van der Waals surface area (Å²) in [5.74, 6) is 0.340. The van der Waals surface area contributed by atoms with Gasteiger partial charge < -0.3 is 15.1 Å². The van der Waals surface area contributed by atoms with Crippen LogP contribution in [-0.4, -0.2) is 55.0 Å². The van der Waals surface area contributed by atoms with Gasteiger partial charge in [0, 0.05) is 26.7 Å². The summed E-state index contributed by atoms with van der Waals surface area (Å²) < 4.78 is 0. The fourth-order valence-electron chi connectivity index (χ4n) is 1.81. The number of urea groups is 1. The highest BCUT2D eigenvalue weighted by molar-refractivity contribution is 5.83. The molecule has 0 aromatic carbocycles. The zero-order valence-electron chi connectivity index (χ0n) is 11.0. The molecule has 5 nitrogen and oxygen atoms in total. The molecule has 3 amide bonds. The third-order valence-electron chi connectivity index (χ3n) is 2.79. The molecular formula is C12H23N3O2. The van der Waals surface area contributed by atoms with Gasteiger partial charge in [0.15, 0.2) is 0 Å². The number of likely N-dealkylation sites (tertiary alicyclic amines) is 1. The predicted octanol–water partition coefficient (Wildman–Crippen LogP) is 0.906. The third kappa shape index (κ3) is 4.63. The minimum atomic E-state index is -0.0891. The molecule has 1 aliphatic heterocycles. The van der Waals surface area contributed by atoms with Gasteiger partial charge in [-0.25, -0.2) is 4.79 Å². The van der Waals surface area contributed by atoms with E-state index in [2.05, 4.69) is 5.32 Å². The van der Waals surface area contributed by atoms with E-state index < -0.39 is 0 Å². The van der Waals surface area contributed by atoms with Gasteiger partial charge in [-0.15, -0.1) is 0 Å². The minimum absolute atomic E-state index is 0.0396. The van der Waals surface area contributed by atoms with Gasteiger partial charge in [0.1, 0.15) is 6.54 Å². The second kappa shape index (κ2) is 6.47. The van der Waals surface area contributed by atoms with E-state index in [9.17, 15) is 9.59 Å². The van der Waals surface area contributed by atoms with Crippen molar-refractivity contribution in [3.05, 3.63) is 0 Å². The average molecular weight is 241 g/mol. The molecule has 1 aliphatic rings. The molecule has 0 aromatic rings. The number of hydrogen-bond acceptors (Lipinski definition) is 2. The van der Waals surface area contributed by atoms with Crippen molar-refractivity contribution < 1.29 is 9.59 Å². The van der Waals surface area contributed by atoms with Crippen LogP contribution in [0.4, 0.5) is 4.79 Å². The second-order valence-corrected chi connectivity index (χ2v) is 5.03. The van der Waals surface area contributed by atoms with E-state index in [1.807, 2.05) is 13.8 Å². The van der Waals surface area contributed by atoms with Crippen molar-refractivity contribution in [2.45, 2.75) is 26.7 Å². The molecule has 1 heterocycles. The average Bonchev–Trinajstić information content (AvgIpc) is 2.78. The van der Waals surface area contributed by atoms with Gasteiger partial charge in [0.2, 0.25) is 5.91 Å². The smallest absolute Gasteiger partial charge is 0.320 e. The Morgan fingerprint density at radius 1 is 1.29 bits per heavy atom.